The van der Waals surface area contributed by atoms with Crippen LogP contribution in [-0.4, -0.2) is 9.78 Å². The Morgan fingerprint density at radius 1 is 1.16 bits per heavy atom. The zero-order valence-electron chi connectivity index (χ0n) is 12.4. The van der Waals surface area contributed by atoms with Crippen molar-refractivity contribution in [1.29, 1.82) is 0 Å². The zero-order valence-corrected chi connectivity index (χ0v) is 12.4. The molecule has 2 aromatic rings. The van der Waals surface area contributed by atoms with Crippen molar-refractivity contribution >= 4 is 0 Å². The largest absolute Gasteiger partial charge is 0.294 e. The first-order chi connectivity index (χ1) is 8.84. The van der Waals surface area contributed by atoms with Crippen molar-refractivity contribution in [1.82, 2.24) is 9.78 Å². The van der Waals surface area contributed by atoms with Gasteiger partial charge in [-0.15, -0.1) is 0 Å². The Bertz CT molecular complexity index is 624. The van der Waals surface area contributed by atoms with Crippen LogP contribution < -0.4 is 5.56 Å². The number of benzene rings is 1. The number of rotatable bonds is 2. The summed E-state index contributed by atoms with van der Waals surface area (Å²) < 4.78 is 1.72. The topological polar surface area (TPSA) is 37.8 Å². The third-order valence-corrected chi connectivity index (χ3v) is 3.35. The summed E-state index contributed by atoms with van der Waals surface area (Å²) in [5.74, 6) is 0. The fraction of sp³-hybridized carbons (Fsp3) is 0.438. The van der Waals surface area contributed by atoms with Crippen LogP contribution in [0.2, 0.25) is 0 Å². The number of nitrogens with one attached hydrogen (secondary N) is 1. The highest BCUT2D eigenvalue weighted by Gasteiger charge is 2.21. The van der Waals surface area contributed by atoms with Crippen molar-refractivity contribution in [2.75, 3.05) is 0 Å². The van der Waals surface area contributed by atoms with E-state index in [0.717, 1.165) is 23.2 Å². The van der Waals surface area contributed by atoms with E-state index in [-0.39, 0.29) is 11.1 Å². The van der Waals surface area contributed by atoms with Crippen molar-refractivity contribution in [2.24, 2.45) is 0 Å². The summed E-state index contributed by atoms with van der Waals surface area (Å²) >= 11 is 0. The van der Waals surface area contributed by atoms with Crippen LogP contribution in [0.15, 0.2) is 29.1 Å². The molecule has 19 heavy (non-hydrogen) atoms. The maximum absolute atomic E-state index is 12.4. The molecule has 1 N–H and O–H groups in total. The monoisotopic (exact) mass is 258 g/mol. The summed E-state index contributed by atoms with van der Waals surface area (Å²) in [5, 5.41) is 3.28. The Kier molecular flexibility index (Phi) is 3.40. The molecular weight excluding hydrogens is 236 g/mol. The van der Waals surface area contributed by atoms with Gasteiger partial charge in [-0.1, -0.05) is 36.8 Å². The fourth-order valence-electron chi connectivity index (χ4n) is 2.23. The zero-order chi connectivity index (χ0) is 14.2. The molecule has 1 aromatic carbocycles. The summed E-state index contributed by atoms with van der Waals surface area (Å²) in [6, 6.07) is 8.27. The van der Waals surface area contributed by atoms with Crippen LogP contribution in [-0.2, 0) is 12.0 Å². The number of aryl methyl sites for hydroxylation is 1. The Morgan fingerprint density at radius 3 is 2.21 bits per heavy atom. The van der Waals surface area contributed by atoms with E-state index < -0.39 is 0 Å². The summed E-state index contributed by atoms with van der Waals surface area (Å²) in [7, 11) is 0. The van der Waals surface area contributed by atoms with Crippen LogP contribution in [0.1, 0.15) is 38.8 Å². The highest BCUT2D eigenvalue weighted by Crippen LogP contribution is 2.22. The molecule has 1 aromatic heterocycles. The molecule has 0 saturated carbocycles. The number of hydrogen-bond donors (Lipinski definition) is 1. The van der Waals surface area contributed by atoms with Gasteiger partial charge in [-0.05, 0) is 39.7 Å². The van der Waals surface area contributed by atoms with Crippen LogP contribution in [0.3, 0.4) is 0 Å². The van der Waals surface area contributed by atoms with Crippen LogP contribution in [0.5, 0.6) is 0 Å². The van der Waals surface area contributed by atoms with Crippen LogP contribution in [0, 0.1) is 6.92 Å². The molecule has 0 fully saturated rings. The number of aromatic nitrogens is 2. The van der Waals surface area contributed by atoms with Crippen molar-refractivity contribution in [3.05, 3.63) is 45.7 Å². The first-order valence-corrected chi connectivity index (χ1v) is 6.76. The predicted octanol–water partition coefficient (Wildman–Crippen LogP) is 3.47. The third kappa shape index (κ3) is 2.50. The molecule has 0 amide bonds. The summed E-state index contributed by atoms with van der Waals surface area (Å²) in [5.41, 5.74) is 3.96. The van der Waals surface area contributed by atoms with Crippen LogP contribution in [0.25, 0.3) is 11.3 Å². The van der Waals surface area contributed by atoms with Crippen LogP contribution in [0.4, 0.5) is 0 Å². The maximum atomic E-state index is 12.4. The van der Waals surface area contributed by atoms with Gasteiger partial charge in [0.2, 0.25) is 0 Å². The number of hydrogen-bond acceptors (Lipinski definition) is 1. The van der Waals surface area contributed by atoms with Gasteiger partial charge in [0, 0.05) is 5.56 Å². The Hall–Kier alpha value is -1.77. The van der Waals surface area contributed by atoms with Gasteiger partial charge >= 0.3 is 0 Å². The molecule has 0 atom stereocenters. The normalized spacial score (nSPS) is 11.8. The quantitative estimate of drug-likeness (QED) is 0.880. The number of H-pyrrole nitrogens is 1. The van der Waals surface area contributed by atoms with E-state index in [1.165, 1.54) is 5.56 Å². The Labute approximate surface area is 114 Å². The van der Waals surface area contributed by atoms with Gasteiger partial charge in [-0.25, -0.2) is 4.68 Å². The van der Waals surface area contributed by atoms with E-state index in [1.54, 1.807) is 4.68 Å². The summed E-state index contributed by atoms with van der Waals surface area (Å²) in [6.45, 7) is 10.2. The standard InChI is InChI=1S/C16H22N2O/c1-6-13-14(12-9-7-11(2)8-10-12)17-18(15(13)19)16(3,4)5/h7-10,17H,6H2,1-5H3. The molecule has 0 aliphatic heterocycles. The minimum absolute atomic E-state index is 0.0885. The minimum Gasteiger partial charge on any atom is -0.294 e. The number of aromatic amines is 1. The average molecular weight is 258 g/mol. The molecule has 3 nitrogen and oxygen atoms in total. The lowest BCUT2D eigenvalue weighted by molar-refractivity contribution is 0.346. The molecule has 0 unspecified atom stereocenters. The van der Waals surface area contributed by atoms with E-state index in [2.05, 4.69) is 36.3 Å². The van der Waals surface area contributed by atoms with Crippen LogP contribution >= 0.6 is 0 Å². The van der Waals surface area contributed by atoms with Crippen molar-refractivity contribution in [3.8, 4) is 11.3 Å². The first kappa shape index (κ1) is 13.7. The molecule has 1 heterocycles. The van der Waals surface area contributed by atoms with E-state index in [0.29, 0.717) is 0 Å². The van der Waals surface area contributed by atoms with Gasteiger partial charge in [-0.3, -0.25) is 9.89 Å². The molecular formula is C16H22N2O. The smallest absolute Gasteiger partial charge is 0.270 e. The molecule has 2 rings (SSSR count). The summed E-state index contributed by atoms with van der Waals surface area (Å²) in [4.78, 5) is 12.4. The fourth-order valence-corrected chi connectivity index (χ4v) is 2.23. The maximum Gasteiger partial charge on any atom is 0.270 e. The predicted molar refractivity (Wildman–Crippen MR) is 79.6 cm³/mol. The molecule has 0 radical (unpaired) electrons. The van der Waals surface area contributed by atoms with Gasteiger partial charge in [0.15, 0.2) is 0 Å². The molecule has 0 aliphatic carbocycles. The van der Waals surface area contributed by atoms with E-state index in [9.17, 15) is 4.79 Å². The van der Waals surface area contributed by atoms with E-state index >= 15 is 0 Å². The minimum atomic E-state index is -0.232. The Morgan fingerprint density at radius 2 is 1.74 bits per heavy atom. The second kappa shape index (κ2) is 4.72. The van der Waals surface area contributed by atoms with Crippen molar-refractivity contribution in [3.63, 3.8) is 0 Å². The lowest BCUT2D eigenvalue weighted by atomic mass is 10.0. The molecule has 0 saturated heterocycles. The van der Waals surface area contributed by atoms with Gasteiger partial charge in [-0.2, -0.15) is 0 Å². The van der Waals surface area contributed by atoms with Gasteiger partial charge in [0.1, 0.15) is 0 Å². The van der Waals surface area contributed by atoms with E-state index in [4.69, 9.17) is 0 Å². The molecule has 102 valence electrons. The lowest BCUT2D eigenvalue weighted by Crippen LogP contribution is -2.33. The molecule has 3 heteroatoms. The Balaban J connectivity index is 2.64. The van der Waals surface area contributed by atoms with Gasteiger partial charge < -0.3 is 0 Å². The van der Waals surface area contributed by atoms with Crippen molar-refractivity contribution in [2.45, 2.75) is 46.6 Å². The third-order valence-electron chi connectivity index (χ3n) is 3.35. The van der Waals surface area contributed by atoms with Gasteiger partial charge in [0.25, 0.3) is 5.56 Å². The molecule has 0 spiro atoms. The average Bonchev–Trinajstić information content (AvgIpc) is 2.67. The first-order valence-electron chi connectivity index (χ1n) is 6.76. The highest BCUT2D eigenvalue weighted by atomic mass is 16.1. The molecule has 0 aliphatic rings. The SMILES string of the molecule is CCc1c(-c2ccc(C)cc2)[nH]n(C(C)(C)C)c1=O. The second-order valence-electron chi connectivity index (χ2n) is 6.00. The van der Waals surface area contributed by atoms with Crippen molar-refractivity contribution < 1.29 is 0 Å². The highest BCUT2D eigenvalue weighted by molar-refractivity contribution is 5.63. The number of nitrogens with zero attached hydrogens (tertiary/aromatic N) is 1. The molecule has 0 bridgehead atoms. The second-order valence-corrected chi connectivity index (χ2v) is 6.00. The van der Waals surface area contributed by atoms with Gasteiger partial charge in [0.05, 0.1) is 11.2 Å². The van der Waals surface area contributed by atoms with E-state index in [1.807, 2.05) is 27.7 Å². The lowest BCUT2D eigenvalue weighted by Gasteiger charge is -2.19. The summed E-state index contributed by atoms with van der Waals surface area (Å²) in [6.07, 6.45) is 0.738.